The summed E-state index contributed by atoms with van der Waals surface area (Å²) in [5.74, 6) is 0. The summed E-state index contributed by atoms with van der Waals surface area (Å²) in [6.45, 7) is 5.69. The van der Waals surface area contributed by atoms with Crippen molar-refractivity contribution >= 4 is 8.25 Å². The third kappa shape index (κ3) is 50.0. The first kappa shape index (κ1) is 53.0. The topological polar surface area (TPSA) is 35.5 Å². The molecule has 0 aliphatic rings. The summed E-state index contributed by atoms with van der Waals surface area (Å²) >= 11 is 0. The van der Waals surface area contributed by atoms with E-state index < -0.39 is 8.25 Å². The molecule has 0 N–H and O–H groups in total. The van der Waals surface area contributed by atoms with E-state index in [0.29, 0.717) is 13.2 Å². The highest BCUT2D eigenvalue weighted by molar-refractivity contribution is 7.33. The van der Waals surface area contributed by atoms with Gasteiger partial charge in [-0.1, -0.05) is 290 Å². The van der Waals surface area contributed by atoms with Gasteiger partial charge in [0.25, 0.3) is 0 Å². The second-order valence-corrected chi connectivity index (χ2v) is 18.1. The minimum Gasteiger partial charge on any atom is -0.119 e. The van der Waals surface area contributed by atoms with Crippen molar-refractivity contribution in [3.63, 3.8) is 0 Å². The van der Waals surface area contributed by atoms with Crippen LogP contribution in [0.3, 0.4) is 0 Å². The highest BCUT2D eigenvalue weighted by Crippen LogP contribution is 2.25. The zero-order chi connectivity index (χ0) is 38.2. The van der Waals surface area contributed by atoms with Gasteiger partial charge in [-0.3, -0.25) is 0 Å². The van der Waals surface area contributed by atoms with Gasteiger partial charge in [0.05, 0.1) is 0 Å². The molecule has 0 aliphatic heterocycles. The Labute approximate surface area is 336 Å². The Hall–Kier alpha value is 0.0200. The highest BCUT2D eigenvalue weighted by atomic mass is 31.1. The van der Waals surface area contributed by atoms with Gasteiger partial charge in [-0.2, -0.15) is 0 Å². The molecule has 0 aliphatic carbocycles. The van der Waals surface area contributed by atoms with Crippen LogP contribution in [0, 0.1) is 0 Å². The average molecular weight is 768 g/mol. The molecule has 0 saturated heterocycles. The van der Waals surface area contributed by atoms with Crippen LogP contribution in [0.4, 0.5) is 0 Å². The molecule has 3 nitrogen and oxygen atoms in total. The van der Waals surface area contributed by atoms with Crippen molar-refractivity contribution in [2.24, 2.45) is 0 Å². The van der Waals surface area contributed by atoms with Gasteiger partial charge in [-0.25, -0.2) is 0 Å². The van der Waals surface area contributed by atoms with Crippen molar-refractivity contribution in [2.45, 2.75) is 303 Å². The molecule has 0 fully saturated rings. The zero-order valence-corrected chi connectivity index (χ0v) is 37.8. The third-order valence-electron chi connectivity index (χ3n) is 11.6. The van der Waals surface area contributed by atoms with Gasteiger partial charge in [-0.15, -0.1) is 9.05 Å². The Morgan fingerprint density at radius 1 is 0.226 bits per heavy atom. The van der Waals surface area contributed by atoms with Crippen molar-refractivity contribution in [3.8, 4) is 0 Å². The van der Waals surface area contributed by atoms with E-state index in [1.54, 1.807) is 0 Å². The smallest absolute Gasteiger partial charge is 0.119 e. The fraction of sp³-hybridized carbons (Fsp3) is 1.00. The molecule has 0 amide bonds. The van der Waals surface area contributed by atoms with Crippen molar-refractivity contribution in [3.05, 3.63) is 0 Å². The lowest BCUT2D eigenvalue weighted by atomic mass is 10.0. The molecule has 0 spiro atoms. The lowest BCUT2D eigenvalue weighted by Crippen LogP contribution is -1.92. The molecule has 4 heteroatoms. The lowest BCUT2D eigenvalue weighted by molar-refractivity contribution is 0.218. The van der Waals surface area contributed by atoms with Gasteiger partial charge in [-0.05, 0) is 12.8 Å². The van der Waals surface area contributed by atoms with E-state index in [1.807, 2.05) is 0 Å². The molecule has 1 unspecified atom stereocenters. The van der Waals surface area contributed by atoms with Gasteiger partial charge < -0.3 is 0 Å². The van der Waals surface area contributed by atoms with Crippen molar-refractivity contribution in [2.75, 3.05) is 13.2 Å². The Balaban J connectivity index is 3.09. The number of unbranched alkanes of at least 4 members (excludes halogenated alkanes) is 43. The summed E-state index contributed by atoms with van der Waals surface area (Å²) in [7, 11) is -1.91. The molecular weight excluding hydrogens is 668 g/mol. The molecule has 1 atom stereocenters. The Bertz CT molecular complexity index is 656. The SMILES string of the molecule is CCCCCCCCCCCCCCCCCCCCCCCCCCCCCCCCCCCCCCCCCO[P+](=O)OCCCCCCCC. The molecule has 0 aromatic carbocycles. The van der Waals surface area contributed by atoms with Crippen LogP contribution in [-0.2, 0) is 13.6 Å². The van der Waals surface area contributed by atoms with Crippen LogP contribution in [-0.4, -0.2) is 13.2 Å². The Kier molecular flexibility index (Phi) is 50.1. The van der Waals surface area contributed by atoms with Gasteiger partial charge in [0.15, 0.2) is 0 Å². The summed E-state index contributed by atoms with van der Waals surface area (Å²) in [6, 6.07) is 0. The number of hydrogen-bond donors (Lipinski definition) is 0. The molecule has 0 heterocycles. The van der Waals surface area contributed by atoms with Crippen LogP contribution < -0.4 is 0 Å². The maximum absolute atomic E-state index is 11.8. The normalized spacial score (nSPS) is 11.9. The van der Waals surface area contributed by atoms with Crippen molar-refractivity contribution in [1.82, 2.24) is 0 Å². The average Bonchev–Trinajstić information content (AvgIpc) is 3.16. The van der Waals surface area contributed by atoms with E-state index in [1.165, 1.54) is 276 Å². The summed E-state index contributed by atoms with van der Waals surface area (Å²) in [5, 5.41) is 0. The predicted octanol–water partition coefficient (Wildman–Crippen LogP) is 19.3. The minimum atomic E-state index is -1.91. The largest absolute Gasteiger partial charge is 0.697 e. The number of hydrogen-bond acceptors (Lipinski definition) is 3. The second kappa shape index (κ2) is 50.0. The zero-order valence-electron chi connectivity index (χ0n) is 36.9. The van der Waals surface area contributed by atoms with E-state index in [-0.39, 0.29) is 0 Å². The molecule has 318 valence electrons. The molecule has 53 heavy (non-hydrogen) atoms. The molecule has 0 aromatic rings. The molecular formula is C49H100O3P+. The standard InChI is InChI=1S/C49H100O3P/c1-3-5-7-9-11-12-13-14-15-16-17-18-19-20-21-22-23-24-25-26-27-28-29-30-31-32-33-34-35-36-37-38-39-40-41-42-43-45-47-49-52-53(50)51-48-46-44-10-8-6-4-2/h3-49H2,1-2H3/q+1. The van der Waals surface area contributed by atoms with E-state index in [9.17, 15) is 4.57 Å². The fourth-order valence-electron chi connectivity index (χ4n) is 7.91. The minimum absolute atomic E-state index is 0.571. The van der Waals surface area contributed by atoms with Crippen LogP contribution in [0.5, 0.6) is 0 Å². The summed E-state index contributed by atoms with van der Waals surface area (Å²) < 4.78 is 22.4. The maximum Gasteiger partial charge on any atom is 0.697 e. The molecule has 0 saturated carbocycles. The van der Waals surface area contributed by atoms with E-state index in [0.717, 1.165) is 12.8 Å². The van der Waals surface area contributed by atoms with E-state index in [4.69, 9.17) is 9.05 Å². The highest BCUT2D eigenvalue weighted by Gasteiger charge is 2.19. The molecule has 0 aromatic heterocycles. The summed E-state index contributed by atoms with van der Waals surface area (Å²) in [6.07, 6.45) is 63.4. The predicted molar refractivity (Wildman–Crippen MR) is 239 cm³/mol. The van der Waals surface area contributed by atoms with Crippen LogP contribution in [0.2, 0.25) is 0 Å². The molecule has 0 rings (SSSR count). The first-order valence-electron chi connectivity index (χ1n) is 25.0. The van der Waals surface area contributed by atoms with Gasteiger partial charge in [0.2, 0.25) is 0 Å². The first-order valence-corrected chi connectivity index (χ1v) is 26.1. The van der Waals surface area contributed by atoms with E-state index >= 15 is 0 Å². The van der Waals surface area contributed by atoms with Crippen LogP contribution in [0.25, 0.3) is 0 Å². The van der Waals surface area contributed by atoms with Crippen molar-refractivity contribution in [1.29, 1.82) is 0 Å². The van der Waals surface area contributed by atoms with E-state index in [2.05, 4.69) is 13.8 Å². The third-order valence-corrected chi connectivity index (χ3v) is 12.4. The van der Waals surface area contributed by atoms with Crippen molar-refractivity contribution < 1.29 is 13.6 Å². The van der Waals surface area contributed by atoms with Gasteiger partial charge in [0.1, 0.15) is 13.2 Å². The van der Waals surface area contributed by atoms with Gasteiger partial charge >= 0.3 is 8.25 Å². The quantitative estimate of drug-likeness (QED) is 0.0457. The maximum atomic E-state index is 11.8. The van der Waals surface area contributed by atoms with Crippen LogP contribution in [0.1, 0.15) is 303 Å². The molecule has 0 radical (unpaired) electrons. The first-order chi connectivity index (χ1) is 26.3. The van der Waals surface area contributed by atoms with Gasteiger partial charge in [0, 0.05) is 4.57 Å². The monoisotopic (exact) mass is 768 g/mol. The lowest BCUT2D eigenvalue weighted by Gasteiger charge is -2.05. The van der Waals surface area contributed by atoms with Crippen LogP contribution >= 0.6 is 8.25 Å². The summed E-state index contributed by atoms with van der Waals surface area (Å²) in [5.41, 5.74) is 0. The van der Waals surface area contributed by atoms with Crippen LogP contribution in [0.15, 0.2) is 0 Å². The fourth-order valence-corrected chi connectivity index (χ4v) is 8.54. The Morgan fingerprint density at radius 3 is 0.509 bits per heavy atom. The molecule has 0 bridgehead atoms. The summed E-state index contributed by atoms with van der Waals surface area (Å²) in [4.78, 5) is 0. The number of rotatable bonds is 49. The Morgan fingerprint density at radius 2 is 0.358 bits per heavy atom. The second-order valence-electron chi connectivity index (χ2n) is 17.1.